The molecule has 1 saturated heterocycles. The maximum Gasteiger partial charge on any atom is 0.245 e. The van der Waals surface area contributed by atoms with Gasteiger partial charge in [0.05, 0.1) is 5.60 Å². The minimum atomic E-state index is -2.01. The Kier molecular flexibility index (Phi) is 2.40. The molecule has 3 unspecified atom stereocenters. The number of hydrogen-bond donors (Lipinski definition) is 1. The van der Waals surface area contributed by atoms with Gasteiger partial charge in [-0.3, -0.25) is 9.59 Å². The minimum Gasteiger partial charge on any atom is -0.358 e. The maximum atomic E-state index is 12.5. The zero-order valence-electron chi connectivity index (χ0n) is 11.0. The van der Waals surface area contributed by atoms with Crippen molar-refractivity contribution in [1.29, 1.82) is 0 Å². The molecule has 1 aliphatic heterocycles. The molecule has 0 aromatic heterocycles. The van der Waals surface area contributed by atoms with Crippen molar-refractivity contribution in [3.63, 3.8) is 0 Å². The summed E-state index contributed by atoms with van der Waals surface area (Å²) in [5.74, 6) is -2.84. The summed E-state index contributed by atoms with van der Waals surface area (Å²) in [6.45, 7) is 5.37. The van der Waals surface area contributed by atoms with Gasteiger partial charge >= 0.3 is 0 Å². The first-order valence-corrected chi connectivity index (χ1v) is 7.05. The van der Waals surface area contributed by atoms with Crippen LogP contribution in [0.4, 0.5) is 0 Å². The highest BCUT2D eigenvalue weighted by Crippen LogP contribution is 2.73. The molecule has 19 heavy (non-hydrogen) atoms. The van der Waals surface area contributed by atoms with E-state index in [1.54, 1.807) is 13.0 Å². The molecule has 3 aliphatic rings. The third kappa shape index (κ3) is 1.31. The third-order valence-electron chi connectivity index (χ3n) is 4.59. The van der Waals surface area contributed by atoms with Crippen LogP contribution in [0, 0.1) is 11.3 Å². The molecule has 0 amide bonds. The number of carbonyl (C=O) groups excluding carboxylic acids is 2. The number of ketones is 2. The lowest BCUT2D eigenvalue weighted by Gasteiger charge is -2.35. The van der Waals surface area contributed by atoms with Crippen molar-refractivity contribution in [2.75, 3.05) is 0 Å². The third-order valence-corrected chi connectivity index (χ3v) is 5.48. The van der Waals surface area contributed by atoms with Gasteiger partial charge in [-0.25, -0.2) is 0 Å². The summed E-state index contributed by atoms with van der Waals surface area (Å²) in [5.41, 5.74) is -1.53. The smallest absolute Gasteiger partial charge is 0.245 e. The molecule has 2 aliphatic carbocycles. The van der Waals surface area contributed by atoms with E-state index in [9.17, 15) is 14.7 Å². The van der Waals surface area contributed by atoms with Crippen LogP contribution in [0.25, 0.3) is 0 Å². The van der Waals surface area contributed by atoms with Crippen LogP contribution in [0.3, 0.4) is 0 Å². The average Bonchev–Trinajstić information content (AvgIpc) is 3.05. The lowest BCUT2D eigenvalue weighted by Crippen LogP contribution is -2.54. The van der Waals surface area contributed by atoms with E-state index in [0.717, 1.165) is 0 Å². The monoisotopic (exact) mass is 326 g/mol. The largest absolute Gasteiger partial charge is 0.358 e. The molecule has 1 N–H and O–H groups in total. The zero-order chi connectivity index (χ0) is 14.2. The van der Waals surface area contributed by atoms with E-state index in [0.29, 0.717) is 10.9 Å². The van der Waals surface area contributed by atoms with E-state index in [1.807, 2.05) is 13.8 Å². The van der Waals surface area contributed by atoms with Crippen LogP contribution < -0.4 is 0 Å². The standard InChI is InChI=1S/C14H15BrO4/c1-4-8(15)7-5-10(16)13-6-9(13)12(2,3)19-14(13,18)11(7)17/h4-5,9,18H,6H2,1-3H3. The van der Waals surface area contributed by atoms with Crippen LogP contribution in [0.15, 0.2) is 22.2 Å². The fourth-order valence-electron chi connectivity index (χ4n) is 3.55. The summed E-state index contributed by atoms with van der Waals surface area (Å²) in [6, 6.07) is 0. The number of carbonyl (C=O) groups is 2. The van der Waals surface area contributed by atoms with Crippen LogP contribution in [-0.4, -0.2) is 28.1 Å². The van der Waals surface area contributed by atoms with Gasteiger partial charge < -0.3 is 9.84 Å². The molecular formula is C14H15BrO4. The molecule has 0 radical (unpaired) electrons. The number of hydrogen-bond acceptors (Lipinski definition) is 4. The SMILES string of the molecule is CC=C(Br)C1=CC(=O)C23CC2C(C)(C)OC3(O)C1=O. The van der Waals surface area contributed by atoms with Crippen molar-refractivity contribution in [3.8, 4) is 0 Å². The first kappa shape index (κ1) is 13.2. The zero-order valence-corrected chi connectivity index (χ0v) is 12.6. The average molecular weight is 327 g/mol. The number of ether oxygens (including phenoxy) is 1. The second kappa shape index (κ2) is 3.45. The van der Waals surface area contributed by atoms with Gasteiger partial charge in [0, 0.05) is 16.0 Å². The van der Waals surface area contributed by atoms with Crippen molar-refractivity contribution >= 4 is 27.5 Å². The number of rotatable bonds is 1. The predicted molar refractivity (Wildman–Crippen MR) is 71.4 cm³/mol. The molecule has 4 nitrogen and oxygen atoms in total. The van der Waals surface area contributed by atoms with Crippen LogP contribution in [-0.2, 0) is 14.3 Å². The second-order valence-electron chi connectivity index (χ2n) is 5.97. The lowest BCUT2D eigenvalue weighted by atomic mass is 9.77. The number of halogens is 1. The molecule has 1 saturated carbocycles. The number of allylic oxidation sites excluding steroid dienone is 3. The van der Waals surface area contributed by atoms with E-state index >= 15 is 0 Å². The van der Waals surface area contributed by atoms with Gasteiger partial charge in [0.1, 0.15) is 5.41 Å². The Balaban J connectivity index is 2.16. The highest BCUT2D eigenvalue weighted by atomic mass is 79.9. The highest BCUT2D eigenvalue weighted by Gasteiger charge is 2.84. The Labute approximate surface area is 119 Å². The van der Waals surface area contributed by atoms with Gasteiger partial charge in [-0.2, -0.15) is 0 Å². The second-order valence-corrected chi connectivity index (χ2v) is 6.82. The fourth-order valence-corrected chi connectivity index (χ4v) is 3.84. The Morgan fingerprint density at radius 1 is 1.53 bits per heavy atom. The van der Waals surface area contributed by atoms with Crippen molar-refractivity contribution in [3.05, 3.63) is 22.2 Å². The molecule has 0 aromatic rings. The number of aliphatic hydroxyl groups is 1. The van der Waals surface area contributed by atoms with Crippen molar-refractivity contribution in [2.45, 2.75) is 38.6 Å². The quantitative estimate of drug-likeness (QED) is 0.799. The summed E-state index contributed by atoms with van der Waals surface area (Å²) in [4.78, 5) is 24.9. The summed E-state index contributed by atoms with van der Waals surface area (Å²) < 4.78 is 6.10. The molecule has 3 rings (SSSR count). The molecule has 0 bridgehead atoms. The van der Waals surface area contributed by atoms with Crippen LogP contribution in [0.2, 0.25) is 0 Å². The topological polar surface area (TPSA) is 63.6 Å². The van der Waals surface area contributed by atoms with Gasteiger partial charge in [0.25, 0.3) is 0 Å². The van der Waals surface area contributed by atoms with E-state index in [2.05, 4.69) is 15.9 Å². The fraction of sp³-hybridized carbons (Fsp3) is 0.571. The predicted octanol–water partition coefficient (Wildman–Crippen LogP) is 1.87. The van der Waals surface area contributed by atoms with Crippen LogP contribution in [0.5, 0.6) is 0 Å². The molecular weight excluding hydrogens is 312 g/mol. The van der Waals surface area contributed by atoms with Crippen molar-refractivity contribution in [1.82, 2.24) is 0 Å². The molecule has 0 aromatic carbocycles. The lowest BCUT2D eigenvalue weighted by molar-refractivity contribution is -0.238. The molecule has 3 atom stereocenters. The van der Waals surface area contributed by atoms with Crippen LogP contribution >= 0.6 is 15.9 Å². The Morgan fingerprint density at radius 3 is 2.68 bits per heavy atom. The number of Topliss-reactive ketones (excluding diaryl/α,β-unsaturated/α-hetero) is 1. The normalized spacial score (nSPS) is 43.7. The summed E-state index contributed by atoms with van der Waals surface area (Å²) in [6.07, 6.45) is 3.52. The van der Waals surface area contributed by atoms with E-state index in [4.69, 9.17) is 4.74 Å². The molecule has 102 valence electrons. The van der Waals surface area contributed by atoms with Gasteiger partial charge in [0.2, 0.25) is 11.6 Å². The van der Waals surface area contributed by atoms with Gasteiger partial charge in [0.15, 0.2) is 5.78 Å². The summed E-state index contributed by atoms with van der Waals surface area (Å²) in [7, 11) is 0. The summed E-state index contributed by atoms with van der Waals surface area (Å²) >= 11 is 3.24. The van der Waals surface area contributed by atoms with Gasteiger partial charge in [-0.05, 0) is 33.3 Å². The Morgan fingerprint density at radius 2 is 2.16 bits per heavy atom. The molecule has 1 heterocycles. The van der Waals surface area contributed by atoms with Gasteiger partial charge in [-0.15, -0.1) is 0 Å². The van der Waals surface area contributed by atoms with E-state index in [-0.39, 0.29) is 17.3 Å². The van der Waals surface area contributed by atoms with Crippen molar-refractivity contribution in [2.24, 2.45) is 11.3 Å². The minimum absolute atomic E-state index is 0.0939. The molecule has 2 fully saturated rings. The van der Waals surface area contributed by atoms with E-state index in [1.165, 1.54) is 6.08 Å². The maximum absolute atomic E-state index is 12.5. The highest BCUT2D eigenvalue weighted by molar-refractivity contribution is 9.12. The van der Waals surface area contributed by atoms with E-state index < -0.39 is 22.6 Å². The summed E-state index contributed by atoms with van der Waals surface area (Å²) in [5, 5.41) is 10.7. The Hall–Kier alpha value is -0.780. The molecule has 1 spiro atoms. The first-order chi connectivity index (χ1) is 8.70. The van der Waals surface area contributed by atoms with Crippen molar-refractivity contribution < 1.29 is 19.4 Å². The first-order valence-electron chi connectivity index (χ1n) is 6.26. The van der Waals surface area contributed by atoms with Crippen LogP contribution in [0.1, 0.15) is 27.2 Å². The van der Waals surface area contributed by atoms with Gasteiger partial charge in [-0.1, -0.05) is 22.0 Å². The Bertz CT molecular complexity index is 574. The molecule has 5 heteroatoms.